The van der Waals surface area contributed by atoms with E-state index in [4.69, 9.17) is 24.6 Å². The van der Waals surface area contributed by atoms with E-state index in [0.717, 1.165) is 0 Å². The Morgan fingerprint density at radius 2 is 1.04 bits per heavy atom. The molecule has 0 atom stereocenters. The molecule has 0 spiro atoms. The lowest BCUT2D eigenvalue weighted by Gasteiger charge is -2.09. The summed E-state index contributed by atoms with van der Waals surface area (Å²) in [6.07, 6.45) is 0. The van der Waals surface area contributed by atoms with Crippen LogP contribution >= 0.6 is 0 Å². The number of nitrogens with one attached hydrogen (secondary N) is 2. The summed E-state index contributed by atoms with van der Waals surface area (Å²) in [6, 6.07) is 12.6. The summed E-state index contributed by atoms with van der Waals surface area (Å²) in [7, 11) is 0. The van der Waals surface area contributed by atoms with Gasteiger partial charge in [0.25, 0.3) is 11.8 Å². The number of carbonyl (C=O) groups excluding carboxylic acids is 2. The van der Waals surface area contributed by atoms with Gasteiger partial charge in [-0.25, -0.2) is 11.0 Å². The standard InChI is InChI=1S/C18H20N2O7/c21-17(19-23)13-1-5-15(6-2-13)26-11-9-25-10-12-27-16-7-3-14(4-8-16)18(22)20-24/h1-8,23-24H,9-12H2,(H,19,21)(H,20,22). The van der Waals surface area contributed by atoms with Gasteiger partial charge in [-0.1, -0.05) is 0 Å². The number of hydrogen-bond donors (Lipinski definition) is 4. The first-order chi connectivity index (χ1) is 13.1. The third kappa shape index (κ3) is 6.59. The van der Waals surface area contributed by atoms with Gasteiger partial charge in [0.15, 0.2) is 0 Å². The van der Waals surface area contributed by atoms with Crippen molar-refractivity contribution in [1.82, 2.24) is 11.0 Å². The Morgan fingerprint density at radius 3 is 1.37 bits per heavy atom. The van der Waals surface area contributed by atoms with E-state index in [0.29, 0.717) is 49.1 Å². The average molecular weight is 376 g/mol. The van der Waals surface area contributed by atoms with E-state index in [2.05, 4.69) is 0 Å². The van der Waals surface area contributed by atoms with Crippen molar-refractivity contribution < 1.29 is 34.2 Å². The van der Waals surface area contributed by atoms with E-state index in [1.807, 2.05) is 0 Å². The summed E-state index contributed by atoms with van der Waals surface area (Å²) in [5.74, 6) is -0.0138. The van der Waals surface area contributed by atoms with Gasteiger partial charge in [0.2, 0.25) is 0 Å². The Labute approximate surface area is 155 Å². The van der Waals surface area contributed by atoms with Crippen LogP contribution in [0.3, 0.4) is 0 Å². The second-order valence-corrected chi connectivity index (χ2v) is 5.24. The molecule has 9 heteroatoms. The lowest BCUT2D eigenvalue weighted by atomic mass is 10.2. The lowest BCUT2D eigenvalue weighted by Crippen LogP contribution is -2.18. The highest BCUT2D eigenvalue weighted by Crippen LogP contribution is 2.13. The second kappa shape index (κ2) is 10.8. The predicted molar refractivity (Wildman–Crippen MR) is 93.2 cm³/mol. The predicted octanol–water partition coefficient (Wildman–Crippen LogP) is 1.40. The summed E-state index contributed by atoms with van der Waals surface area (Å²) >= 11 is 0. The minimum atomic E-state index is -0.587. The minimum Gasteiger partial charge on any atom is -0.491 e. The van der Waals surface area contributed by atoms with Gasteiger partial charge < -0.3 is 14.2 Å². The van der Waals surface area contributed by atoms with E-state index in [1.165, 1.54) is 24.3 Å². The molecule has 0 aliphatic rings. The van der Waals surface area contributed by atoms with Gasteiger partial charge in [-0.2, -0.15) is 0 Å². The molecule has 2 aromatic carbocycles. The SMILES string of the molecule is O=C(NO)c1ccc(OCCOCCOc2ccc(C(=O)NO)cc2)cc1. The largest absolute Gasteiger partial charge is 0.491 e. The highest BCUT2D eigenvalue weighted by atomic mass is 16.5. The van der Waals surface area contributed by atoms with Crippen molar-refractivity contribution in [2.75, 3.05) is 26.4 Å². The molecule has 27 heavy (non-hydrogen) atoms. The molecule has 2 rings (SSSR count). The van der Waals surface area contributed by atoms with Crippen molar-refractivity contribution in [2.45, 2.75) is 0 Å². The van der Waals surface area contributed by atoms with Gasteiger partial charge in [0.05, 0.1) is 13.2 Å². The second-order valence-electron chi connectivity index (χ2n) is 5.24. The molecule has 4 N–H and O–H groups in total. The molecule has 0 heterocycles. The zero-order valence-electron chi connectivity index (χ0n) is 14.4. The van der Waals surface area contributed by atoms with E-state index in [1.54, 1.807) is 35.2 Å². The van der Waals surface area contributed by atoms with E-state index >= 15 is 0 Å². The third-order valence-electron chi connectivity index (χ3n) is 3.43. The van der Waals surface area contributed by atoms with Crippen LogP contribution in [0.1, 0.15) is 20.7 Å². The maximum atomic E-state index is 11.2. The van der Waals surface area contributed by atoms with Gasteiger partial charge in [-0.3, -0.25) is 20.0 Å². The maximum Gasteiger partial charge on any atom is 0.274 e. The molecule has 0 aliphatic carbocycles. The van der Waals surface area contributed by atoms with E-state index in [-0.39, 0.29) is 0 Å². The monoisotopic (exact) mass is 376 g/mol. The van der Waals surface area contributed by atoms with Crippen LogP contribution in [0.2, 0.25) is 0 Å². The van der Waals surface area contributed by atoms with Crippen molar-refractivity contribution in [1.29, 1.82) is 0 Å². The fourth-order valence-electron chi connectivity index (χ4n) is 2.07. The molecule has 0 bridgehead atoms. The molecular weight excluding hydrogens is 356 g/mol. The van der Waals surface area contributed by atoms with Crippen molar-refractivity contribution in [3.63, 3.8) is 0 Å². The minimum absolute atomic E-state index is 0.322. The summed E-state index contributed by atoms with van der Waals surface area (Å²) in [4.78, 5) is 22.4. The molecule has 0 saturated heterocycles. The van der Waals surface area contributed by atoms with Crippen LogP contribution in [0.5, 0.6) is 11.5 Å². The van der Waals surface area contributed by atoms with Gasteiger partial charge >= 0.3 is 0 Å². The lowest BCUT2D eigenvalue weighted by molar-refractivity contribution is 0.0702. The molecule has 0 unspecified atom stereocenters. The van der Waals surface area contributed by atoms with Crippen molar-refractivity contribution in [3.05, 3.63) is 59.7 Å². The van der Waals surface area contributed by atoms with Crippen LogP contribution in [-0.4, -0.2) is 48.7 Å². The summed E-state index contributed by atoms with van der Waals surface area (Å²) in [5, 5.41) is 17.1. The van der Waals surface area contributed by atoms with Gasteiger partial charge in [0.1, 0.15) is 24.7 Å². The van der Waals surface area contributed by atoms with Gasteiger partial charge in [0, 0.05) is 11.1 Å². The normalized spacial score (nSPS) is 10.1. The van der Waals surface area contributed by atoms with Crippen LogP contribution in [0, 0.1) is 0 Å². The number of hydroxylamine groups is 2. The quantitative estimate of drug-likeness (QED) is 0.280. The molecule has 144 valence electrons. The first kappa shape index (κ1) is 20.2. The first-order valence-electron chi connectivity index (χ1n) is 8.06. The molecule has 0 fully saturated rings. The first-order valence-corrected chi connectivity index (χ1v) is 8.06. The highest BCUT2D eigenvalue weighted by molar-refractivity contribution is 5.93. The molecule has 2 aromatic rings. The zero-order valence-corrected chi connectivity index (χ0v) is 14.4. The van der Waals surface area contributed by atoms with Crippen molar-refractivity contribution >= 4 is 11.8 Å². The Balaban J connectivity index is 1.58. The van der Waals surface area contributed by atoms with Crippen LogP contribution in [0.25, 0.3) is 0 Å². The average Bonchev–Trinajstić information content (AvgIpc) is 2.72. The topological polar surface area (TPSA) is 126 Å². The number of carbonyl (C=O) groups is 2. The molecule has 0 radical (unpaired) electrons. The molecular formula is C18H20N2O7. The molecule has 2 amide bonds. The summed E-state index contributed by atoms with van der Waals surface area (Å²) < 4.78 is 16.3. The van der Waals surface area contributed by atoms with Gasteiger partial charge in [-0.05, 0) is 48.5 Å². The maximum absolute atomic E-state index is 11.2. The summed E-state index contributed by atoms with van der Waals surface area (Å²) in [5.41, 5.74) is 3.76. The van der Waals surface area contributed by atoms with Crippen LogP contribution in [0.15, 0.2) is 48.5 Å². The molecule has 9 nitrogen and oxygen atoms in total. The van der Waals surface area contributed by atoms with Crippen LogP contribution in [0.4, 0.5) is 0 Å². The molecule has 0 saturated carbocycles. The van der Waals surface area contributed by atoms with Crippen molar-refractivity contribution in [3.8, 4) is 11.5 Å². The van der Waals surface area contributed by atoms with Gasteiger partial charge in [-0.15, -0.1) is 0 Å². The van der Waals surface area contributed by atoms with Crippen LogP contribution in [-0.2, 0) is 4.74 Å². The number of hydrogen-bond acceptors (Lipinski definition) is 7. The summed E-state index contributed by atoms with van der Waals surface area (Å²) in [6.45, 7) is 1.38. The fraction of sp³-hybridized carbons (Fsp3) is 0.222. The number of rotatable bonds is 10. The van der Waals surface area contributed by atoms with E-state index in [9.17, 15) is 9.59 Å². The highest BCUT2D eigenvalue weighted by Gasteiger charge is 2.04. The number of ether oxygens (including phenoxy) is 3. The Bertz CT molecular complexity index is 669. The fourth-order valence-corrected chi connectivity index (χ4v) is 2.07. The Hall–Kier alpha value is -3.14. The van der Waals surface area contributed by atoms with Crippen LogP contribution < -0.4 is 20.4 Å². The Morgan fingerprint density at radius 1 is 0.667 bits per heavy atom. The van der Waals surface area contributed by atoms with E-state index < -0.39 is 11.8 Å². The smallest absolute Gasteiger partial charge is 0.274 e. The number of amides is 2. The molecule has 0 aromatic heterocycles. The molecule has 0 aliphatic heterocycles. The third-order valence-corrected chi connectivity index (χ3v) is 3.43. The number of benzene rings is 2. The zero-order chi connectivity index (χ0) is 19.5. The Kier molecular flexibility index (Phi) is 8.04. The van der Waals surface area contributed by atoms with Crippen molar-refractivity contribution in [2.24, 2.45) is 0 Å².